The molecule has 74 valence electrons. The van der Waals surface area contributed by atoms with E-state index < -0.39 is 16.7 Å². The quantitative estimate of drug-likeness (QED) is 0.755. The van der Waals surface area contributed by atoms with Crippen LogP contribution in [0.1, 0.15) is 23.6 Å². The van der Waals surface area contributed by atoms with Crippen molar-refractivity contribution in [2.75, 3.05) is 0 Å². The molecule has 0 aromatic carbocycles. The predicted molar refractivity (Wildman–Crippen MR) is 44.6 cm³/mol. The molecule has 0 aliphatic rings. The van der Waals surface area contributed by atoms with Crippen LogP contribution in [-0.4, -0.2) is 5.11 Å². The smallest absolute Gasteiger partial charge is 0.385 e. The maximum atomic E-state index is 12.1. The summed E-state index contributed by atoms with van der Waals surface area (Å²) in [6.45, 7) is 2.91. The Kier molecular flexibility index (Phi) is 2.42. The van der Waals surface area contributed by atoms with Gasteiger partial charge in [0, 0.05) is 4.88 Å². The Balaban J connectivity index is 3.01. The molecule has 0 amide bonds. The highest BCUT2D eigenvalue weighted by atomic mass is 32.1. The van der Waals surface area contributed by atoms with E-state index in [0.717, 1.165) is 6.07 Å². The number of hydrogen-bond acceptors (Lipinski definition) is 2. The van der Waals surface area contributed by atoms with Gasteiger partial charge in [0.2, 0.25) is 0 Å². The average molecular weight is 210 g/mol. The molecule has 0 fully saturated rings. The maximum absolute atomic E-state index is 12.1. The third-order valence-electron chi connectivity index (χ3n) is 1.49. The highest BCUT2D eigenvalue weighted by Crippen LogP contribution is 2.37. The number of halogens is 3. The minimum Gasteiger partial charge on any atom is -0.385 e. The van der Waals surface area contributed by atoms with Crippen LogP contribution in [-0.2, 0) is 11.8 Å². The molecule has 0 unspecified atom stereocenters. The molecule has 1 aromatic heterocycles. The van der Waals surface area contributed by atoms with Gasteiger partial charge in [-0.25, -0.2) is 0 Å². The predicted octanol–water partition coefficient (Wildman–Crippen LogP) is 2.99. The highest BCUT2D eigenvalue weighted by molar-refractivity contribution is 7.12. The second-order valence-electron chi connectivity index (χ2n) is 3.22. The third-order valence-corrected chi connectivity index (χ3v) is 2.93. The Morgan fingerprint density at radius 1 is 1.15 bits per heavy atom. The van der Waals surface area contributed by atoms with Gasteiger partial charge in [0.1, 0.15) is 4.88 Å². The number of aliphatic hydroxyl groups is 1. The van der Waals surface area contributed by atoms with E-state index in [-0.39, 0.29) is 0 Å². The first-order valence-corrected chi connectivity index (χ1v) is 4.43. The molecular formula is C8H9F3OS. The van der Waals surface area contributed by atoms with Gasteiger partial charge in [-0.2, -0.15) is 13.2 Å². The summed E-state index contributed by atoms with van der Waals surface area (Å²) < 4.78 is 36.4. The number of rotatable bonds is 1. The van der Waals surface area contributed by atoms with E-state index in [1.807, 2.05) is 0 Å². The van der Waals surface area contributed by atoms with Crippen LogP contribution in [0.15, 0.2) is 12.1 Å². The van der Waals surface area contributed by atoms with Gasteiger partial charge >= 0.3 is 6.18 Å². The molecule has 0 bridgehead atoms. The van der Waals surface area contributed by atoms with E-state index in [4.69, 9.17) is 0 Å². The van der Waals surface area contributed by atoms with E-state index in [1.54, 1.807) is 0 Å². The van der Waals surface area contributed by atoms with Crippen molar-refractivity contribution in [1.29, 1.82) is 0 Å². The van der Waals surface area contributed by atoms with Gasteiger partial charge < -0.3 is 5.11 Å². The molecule has 0 spiro atoms. The number of alkyl halides is 3. The second-order valence-corrected chi connectivity index (χ2v) is 4.30. The van der Waals surface area contributed by atoms with Crippen LogP contribution >= 0.6 is 11.3 Å². The molecule has 1 N–H and O–H groups in total. The molecule has 0 saturated heterocycles. The molecule has 0 saturated carbocycles. The van der Waals surface area contributed by atoms with Crippen molar-refractivity contribution in [3.05, 3.63) is 21.9 Å². The van der Waals surface area contributed by atoms with Gasteiger partial charge in [0.05, 0.1) is 5.60 Å². The average Bonchev–Trinajstić information content (AvgIpc) is 2.28. The monoisotopic (exact) mass is 210 g/mol. The van der Waals surface area contributed by atoms with Gasteiger partial charge in [-0.1, -0.05) is 0 Å². The van der Waals surface area contributed by atoms with E-state index in [0.29, 0.717) is 16.2 Å². The Morgan fingerprint density at radius 2 is 1.62 bits per heavy atom. The highest BCUT2D eigenvalue weighted by Gasteiger charge is 2.33. The standard InChI is InChI=1S/C8H9F3OS/c1-7(2,12)5-3-4-6(13-5)8(9,10)11/h3-4,12H,1-2H3. The second kappa shape index (κ2) is 2.99. The van der Waals surface area contributed by atoms with Crippen molar-refractivity contribution in [2.45, 2.75) is 25.6 Å². The molecule has 1 aromatic rings. The van der Waals surface area contributed by atoms with Crippen molar-refractivity contribution in [2.24, 2.45) is 0 Å². The minimum absolute atomic E-state index is 0.319. The van der Waals surface area contributed by atoms with Crippen LogP contribution in [0, 0.1) is 0 Å². The zero-order valence-corrected chi connectivity index (χ0v) is 7.96. The SMILES string of the molecule is CC(C)(O)c1ccc(C(F)(F)F)s1. The van der Waals surface area contributed by atoms with E-state index >= 15 is 0 Å². The minimum atomic E-state index is -4.31. The zero-order valence-electron chi connectivity index (χ0n) is 7.14. The molecule has 0 aliphatic heterocycles. The number of hydrogen-bond donors (Lipinski definition) is 1. The first kappa shape index (κ1) is 10.5. The van der Waals surface area contributed by atoms with Crippen LogP contribution in [0.5, 0.6) is 0 Å². The fraction of sp³-hybridized carbons (Fsp3) is 0.500. The van der Waals surface area contributed by atoms with Crippen LogP contribution in [0.4, 0.5) is 13.2 Å². The summed E-state index contributed by atoms with van der Waals surface area (Å²) in [6.07, 6.45) is -4.31. The summed E-state index contributed by atoms with van der Waals surface area (Å²) in [5, 5.41) is 9.41. The van der Waals surface area contributed by atoms with Crippen molar-refractivity contribution < 1.29 is 18.3 Å². The van der Waals surface area contributed by atoms with Crippen molar-refractivity contribution in [3.8, 4) is 0 Å². The van der Waals surface area contributed by atoms with Gasteiger partial charge in [-0.3, -0.25) is 0 Å². The third kappa shape index (κ3) is 2.45. The zero-order chi connectivity index (χ0) is 10.3. The van der Waals surface area contributed by atoms with Crippen LogP contribution in [0.3, 0.4) is 0 Å². The molecular weight excluding hydrogens is 201 g/mol. The molecule has 1 heterocycles. The van der Waals surface area contributed by atoms with Crippen LogP contribution in [0.2, 0.25) is 0 Å². The Morgan fingerprint density at radius 3 is 1.85 bits per heavy atom. The van der Waals surface area contributed by atoms with Crippen molar-refractivity contribution in [3.63, 3.8) is 0 Å². The Bertz CT molecular complexity index is 267. The number of thiophene rings is 1. The first-order chi connectivity index (χ1) is 5.71. The molecule has 13 heavy (non-hydrogen) atoms. The lowest BCUT2D eigenvalue weighted by Crippen LogP contribution is -2.12. The fourth-order valence-electron chi connectivity index (χ4n) is 0.819. The normalized spacial score (nSPS) is 13.4. The fourth-order valence-corrected chi connectivity index (χ4v) is 1.69. The molecule has 1 rings (SSSR count). The summed E-state index contributed by atoms with van der Waals surface area (Å²) in [7, 11) is 0. The van der Waals surface area contributed by atoms with Crippen molar-refractivity contribution >= 4 is 11.3 Å². The van der Waals surface area contributed by atoms with E-state index in [1.165, 1.54) is 19.9 Å². The summed E-state index contributed by atoms with van der Waals surface area (Å²) in [5.41, 5.74) is -1.20. The van der Waals surface area contributed by atoms with Gasteiger partial charge in [-0.05, 0) is 26.0 Å². The molecule has 0 atom stereocenters. The molecule has 1 nitrogen and oxygen atoms in total. The topological polar surface area (TPSA) is 20.2 Å². The summed E-state index contributed by atoms with van der Waals surface area (Å²) >= 11 is 0.572. The molecule has 5 heteroatoms. The van der Waals surface area contributed by atoms with Gasteiger partial charge in [-0.15, -0.1) is 11.3 Å². The van der Waals surface area contributed by atoms with Crippen LogP contribution < -0.4 is 0 Å². The largest absolute Gasteiger partial charge is 0.425 e. The lowest BCUT2D eigenvalue weighted by molar-refractivity contribution is -0.134. The van der Waals surface area contributed by atoms with E-state index in [2.05, 4.69) is 0 Å². The van der Waals surface area contributed by atoms with Gasteiger partial charge in [0.25, 0.3) is 0 Å². The first-order valence-electron chi connectivity index (χ1n) is 3.61. The van der Waals surface area contributed by atoms with Crippen molar-refractivity contribution in [1.82, 2.24) is 0 Å². The lowest BCUT2D eigenvalue weighted by atomic mass is 10.1. The molecule has 0 radical (unpaired) electrons. The van der Waals surface area contributed by atoms with Crippen LogP contribution in [0.25, 0.3) is 0 Å². The lowest BCUT2D eigenvalue weighted by Gasteiger charge is -2.14. The summed E-state index contributed by atoms with van der Waals surface area (Å²) in [5.74, 6) is 0. The Labute approximate surface area is 77.8 Å². The van der Waals surface area contributed by atoms with Gasteiger partial charge in [0.15, 0.2) is 0 Å². The summed E-state index contributed by atoms with van der Waals surface area (Å²) in [6, 6.07) is 2.28. The summed E-state index contributed by atoms with van der Waals surface area (Å²) in [4.78, 5) is -0.357. The maximum Gasteiger partial charge on any atom is 0.425 e. The molecule has 0 aliphatic carbocycles. The Hall–Kier alpha value is -0.550. The van der Waals surface area contributed by atoms with E-state index in [9.17, 15) is 18.3 Å².